The van der Waals surface area contributed by atoms with Crippen LogP contribution in [0.25, 0.3) is 11.1 Å². The van der Waals surface area contributed by atoms with E-state index in [2.05, 4.69) is 65.6 Å². The Bertz CT molecular complexity index is 938. The summed E-state index contributed by atoms with van der Waals surface area (Å²) in [6.07, 6.45) is 11.3. The van der Waals surface area contributed by atoms with Gasteiger partial charge in [-0.15, -0.1) is 0 Å². The maximum absolute atomic E-state index is 11.1. The van der Waals surface area contributed by atoms with Crippen molar-refractivity contribution in [3.63, 3.8) is 0 Å². The number of allylic oxidation sites excluding steroid dienone is 2. The van der Waals surface area contributed by atoms with Crippen LogP contribution in [0.3, 0.4) is 0 Å². The fraction of sp³-hybridized carbons (Fsp3) is 0.500. The summed E-state index contributed by atoms with van der Waals surface area (Å²) in [6, 6.07) is 19.2. The minimum Gasteiger partial charge on any atom is -0.391 e. The highest BCUT2D eigenvalue weighted by Crippen LogP contribution is 2.38. The molecule has 1 aliphatic carbocycles. The van der Waals surface area contributed by atoms with Crippen molar-refractivity contribution < 1.29 is 14.6 Å². The van der Waals surface area contributed by atoms with Crippen LogP contribution in [0.1, 0.15) is 56.9 Å². The number of carbonyl (C=O) groups is 1. The predicted molar refractivity (Wildman–Crippen MR) is 141 cm³/mol. The highest BCUT2D eigenvalue weighted by Gasteiger charge is 2.45. The molecule has 35 heavy (non-hydrogen) atoms. The molecule has 1 saturated carbocycles. The number of likely N-dealkylation sites (tertiary alicyclic amines) is 1. The molecular formula is C30H40N2O3. The molecule has 1 heterocycles. The zero-order chi connectivity index (χ0) is 24.5. The standard InChI is InChI=1S/C30H40N2O3/c31-29(34)14-8-2-1-7-13-26-28(21-27(33)30(26)32-19-9-4-10-20-32)35-22-23-15-17-25(18-16-23)24-11-5-3-6-12-24/h1-3,5-6,11-12,15-18,26-28,30,33H,4,7-10,13-14,19-22H2,(H2,31,34). The summed E-state index contributed by atoms with van der Waals surface area (Å²) < 4.78 is 6.48. The molecule has 0 radical (unpaired) electrons. The van der Waals surface area contributed by atoms with Gasteiger partial charge in [0.25, 0.3) is 0 Å². The molecule has 4 atom stereocenters. The first-order chi connectivity index (χ1) is 17.1. The molecule has 2 aliphatic rings. The summed E-state index contributed by atoms with van der Waals surface area (Å²) in [5.74, 6) is 0.0384. The lowest BCUT2D eigenvalue weighted by Gasteiger charge is -2.38. The molecule has 0 spiro atoms. The Morgan fingerprint density at radius 3 is 2.37 bits per heavy atom. The van der Waals surface area contributed by atoms with Crippen molar-refractivity contribution in [2.24, 2.45) is 11.7 Å². The van der Waals surface area contributed by atoms with Gasteiger partial charge in [-0.25, -0.2) is 0 Å². The summed E-state index contributed by atoms with van der Waals surface area (Å²) in [6.45, 7) is 2.70. The van der Waals surface area contributed by atoms with Gasteiger partial charge in [0.2, 0.25) is 5.91 Å². The highest BCUT2D eigenvalue weighted by molar-refractivity contribution is 5.73. The number of hydrogen-bond acceptors (Lipinski definition) is 4. The Balaban J connectivity index is 1.37. The molecule has 0 aromatic heterocycles. The van der Waals surface area contributed by atoms with Crippen LogP contribution >= 0.6 is 0 Å². The first kappa shape index (κ1) is 25.6. The number of nitrogens with zero attached hydrogens (tertiary/aromatic N) is 1. The quantitative estimate of drug-likeness (QED) is 0.444. The molecule has 3 N–H and O–H groups in total. The lowest BCUT2D eigenvalue weighted by molar-refractivity contribution is -0.117. The minimum absolute atomic E-state index is 0.0461. The van der Waals surface area contributed by atoms with Gasteiger partial charge in [0.15, 0.2) is 0 Å². The van der Waals surface area contributed by atoms with Crippen LogP contribution in [0.4, 0.5) is 0 Å². The molecule has 5 nitrogen and oxygen atoms in total. The van der Waals surface area contributed by atoms with Crippen LogP contribution in [0.2, 0.25) is 0 Å². The molecule has 4 unspecified atom stereocenters. The van der Waals surface area contributed by atoms with E-state index in [1.54, 1.807) is 0 Å². The van der Waals surface area contributed by atoms with E-state index in [9.17, 15) is 9.90 Å². The Morgan fingerprint density at radius 1 is 0.971 bits per heavy atom. The van der Waals surface area contributed by atoms with E-state index in [0.717, 1.165) is 31.5 Å². The Hall–Kier alpha value is -2.47. The van der Waals surface area contributed by atoms with Crippen molar-refractivity contribution in [1.29, 1.82) is 0 Å². The molecule has 4 rings (SSSR count). The maximum Gasteiger partial charge on any atom is 0.217 e. The van der Waals surface area contributed by atoms with E-state index in [1.165, 1.54) is 30.4 Å². The number of aliphatic hydroxyl groups excluding tert-OH is 1. The van der Waals surface area contributed by atoms with E-state index in [4.69, 9.17) is 10.5 Å². The van der Waals surface area contributed by atoms with Crippen molar-refractivity contribution in [2.75, 3.05) is 13.1 Å². The summed E-state index contributed by atoms with van der Waals surface area (Å²) in [7, 11) is 0. The number of hydrogen-bond donors (Lipinski definition) is 2. The average Bonchev–Trinajstić information content (AvgIpc) is 3.20. The zero-order valence-corrected chi connectivity index (χ0v) is 20.7. The molecule has 5 heteroatoms. The fourth-order valence-electron chi connectivity index (χ4n) is 5.71. The highest BCUT2D eigenvalue weighted by atomic mass is 16.5. The molecule has 2 aromatic rings. The number of ether oxygens (including phenoxy) is 1. The first-order valence-corrected chi connectivity index (χ1v) is 13.2. The van der Waals surface area contributed by atoms with Gasteiger partial charge in [0, 0.05) is 24.8 Å². The molecule has 1 amide bonds. The Labute approximate surface area is 210 Å². The third-order valence-electron chi connectivity index (χ3n) is 7.51. The van der Waals surface area contributed by atoms with E-state index in [-0.39, 0.29) is 24.2 Å². The lowest BCUT2D eigenvalue weighted by Crippen LogP contribution is -2.47. The lowest BCUT2D eigenvalue weighted by atomic mass is 9.92. The largest absolute Gasteiger partial charge is 0.391 e. The molecule has 1 aliphatic heterocycles. The fourth-order valence-corrected chi connectivity index (χ4v) is 5.71. The summed E-state index contributed by atoms with van der Waals surface area (Å²) in [4.78, 5) is 13.5. The van der Waals surface area contributed by atoms with Crippen LogP contribution in [0, 0.1) is 5.92 Å². The van der Waals surface area contributed by atoms with Gasteiger partial charge in [-0.3, -0.25) is 9.69 Å². The predicted octanol–water partition coefficient (Wildman–Crippen LogP) is 5.08. The van der Waals surface area contributed by atoms with Gasteiger partial charge in [0.05, 0.1) is 18.8 Å². The average molecular weight is 477 g/mol. The minimum atomic E-state index is -0.345. The van der Waals surface area contributed by atoms with Crippen molar-refractivity contribution in [3.8, 4) is 11.1 Å². The molecule has 1 saturated heterocycles. The third-order valence-corrected chi connectivity index (χ3v) is 7.51. The Kier molecular flexibility index (Phi) is 9.52. The number of piperidine rings is 1. The maximum atomic E-state index is 11.1. The van der Waals surface area contributed by atoms with Gasteiger partial charge in [-0.1, -0.05) is 73.2 Å². The van der Waals surface area contributed by atoms with Crippen LogP contribution in [-0.2, 0) is 16.1 Å². The van der Waals surface area contributed by atoms with Gasteiger partial charge >= 0.3 is 0 Å². The third kappa shape index (κ3) is 7.26. The summed E-state index contributed by atoms with van der Waals surface area (Å²) >= 11 is 0. The van der Waals surface area contributed by atoms with E-state index < -0.39 is 0 Å². The van der Waals surface area contributed by atoms with Crippen LogP contribution in [0.15, 0.2) is 66.7 Å². The number of carbonyl (C=O) groups excluding carboxylic acids is 1. The molecular weight excluding hydrogens is 436 g/mol. The van der Waals surface area contributed by atoms with E-state index in [1.807, 2.05) is 6.07 Å². The van der Waals surface area contributed by atoms with Gasteiger partial charge < -0.3 is 15.6 Å². The topological polar surface area (TPSA) is 75.8 Å². The van der Waals surface area contributed by atoms with Crippen LogP contribution < -0.4 is 5.73 Å². The Morgan fingerprint density at radius 2 is 1.66 bits per heavy atom. The second-order valence-electron chi connectivity index (χ2n) is 10.0. The zero-order valence-electron chi connectivity index (χ0n) is 20.7. The van der Waals surface area contributed by atoms with Crippen LogP contribution in [0.5, 0.6) is 0 Å². The van der Waals surface area contributed by atoms with E-state index >= 15 is 0 Å². The SMILES string of the molecule is NC(=O)CCC=CCCC1C(OCc2ccc(-c3ccccc3)cc2)CC(O)C1N1CCCCC1. The second-order valence-corrected chi connectivity index (χ2v) is 10.0. The summed E-state index contributed by atoms with van der Waals surface area (Å²) in [5, 5.41) is 11.1. The van der Waals surface area contributed by atoms with Gasteiger partial charge in [0.1, 0.15) is 0 Å². The smallest absolute Gasteiger partial charge is 0.217 e. The monoisotopic (exact) mass is 476 g/mol. The second kappa shape index (κ2) is 13.0. The number of aliphatic hydroxyl groups is 1. The van der Waals surface area contributed by atoms with Crippen LogP contribution in [-0.4, -0.2) is 47.3 Å². The van der Waals surface area contributed by atoms with Crippen molar-refractivity contribution in [2.45, 2.75) is 76.2 Å². The van der Waals surface area contributed by atoms with E-state index in [0.29, 0.717) is 31.8 Å². The normalized spacial score (nSPS) is 25.3. The van der Waals surface area contributed by atoms with Gasteiger partial charge in [-0.05, 0) is 61.9 Å². The van der Waals surface area contributed by atoms with Gasteiger partial charge in [-0.2, -0.15) is 0 Å². The first-order valence-electron chi connectivity index (χ1n) is 13.2. The molecule has 2 aromatic carbocycles. The number of amides is 1. The summed E-state index contributed by atoms with van der Waals surface area (Å²) in [5.41, 5.74) is 8.82. The molecule has 188 valence electrons. The number of rotatable bonds is 11. The van der Waals surface area contributed by atoms with Crippen molar-refractivity contribution in [1.82, 2.24) is 4.90 Å². The molecule has 0 bridgehead atoms. The molecule has 2 fully saturated rings. The van der Waals surface area contributed by atoms with Crippen molar-refractivity contribution in [3.05, 3.63) is 72.3 Å². The number of nitrogens with two attached hydrogens (primary N) is 1. The number of primary amides is 1. The van der Waals surface area contributed by atoms with Crippen molar-refractivity contribution >= 4 is 5.91 Å². The number of benzene rings is 2.